The van der Waals surface area contributed by atoms with Gasteiger partial charge < -0.3 is 29.4 Å². The van der Waals surface area contributed by atoms with Gasteiger partial charge in [0.05, 0.1) is 46.2 Å². The Kier molecular flexibility index (Phi) is 16.6. The first-order valence-corrected chi connectivity index (χ1v) is 7.41. The van der Waals surface area contributed by atoms with Crippen molar-refractivity contribution in [3.05, 3.63) is 0 Å². The van der Waals surface area contributed by atoms with Gasteiger partial charge in [0.1, 0.15) is 0 Å². The molecule has 1 atom stereocenters. The van der Waals surface area contributed by atoms with Crippen molar-refractivity contribution in [1.29, 1.82) is 0 Å². The van der Waals surface area contributed by atoms with Gasteiger partial charge in [-0.1, -0.05) is 6.92 Å². The van der Waals surface area contributed by atoms with Crippen LogP contribution in [-0.4, -0.2) is 77.7 Å². The number of hydrogen-bond acceptors (Lipinski definition) is 6. The van der Waals surface area contributed by atoms with Crippen molar-refractivity contribution >= 4 is 0 Å². The predicted octanol–water partition coefficient (Wildman–Crippen LogP) is 0.433. The fourth-order valence-electron chi connectivity index (χ4n) is 1.56. The molecule has 0 aliphatic rings. The van der Waals surface area contributed by atoms with Crippen LogP contribution in [0.25, 0.3) is 0 Å². The van der Waals surface area contributed by atoms with Crippen LogP contribution in [0.1, 0.15) is 19.8 Å². The van der Waals surface area contributed by atoms with Crippen LogP contribution in [0.2, 0.25) is 0 Å². The topological polar surface area (TPSA) is 69.2 Å². The van der Waals surface area contributed by atoms with Gasteiger partial charge in [0.2, 0.25) is 0 Å². The number of nitrogens with one attached hydrogen (secondary N) is 1. The third-order valence-electron chi connectivity index (χ3n) is 2.66. The van der Waals surface area contributed by atoms with E-state index in [-0.39, 0.29) is 12.6 Å². The Morgan fingerprint density at radius 3 is 2.10 bits per heavy atom. The van der Waals surface area contributed by atoms with Crippen molar-refractivity contribution in [3.8, 4) is 0 Å². The highest BCUT2D eigenvalue weighted by Gasteiger charge is 2.06. The molecule has 122 valence electrons. The van der Waals surface area contributed by atoms with Gasteiger partial charge in [0, 0.05) is 19.8 Å². The molecule has 0 aromatic heterocycles. The maximum absolute atomic E-state index is 8.95. The molecule has 0 rings (SSSR count). The second-order valence-corrected chi connectivity index (χ2v) is 4.46. The molecule has 0 bridgehead atoms. The first-order valence-electron chi connectivity index (χ1n) is 7.41. The number of aliphatic hydroxyl groups excluding tert-OH is 1. The molecule has 0 saturated heterocycles. The minimum absolute atomic E-state index is 0.181. The summed E-state index contributed by atoms with van der Waals surface area (Å²) in [5.74, 6) is 0. The quantitative estimate of drug-likeness (QED) is 0.402. The lowest BCUT2D eigenvalue weighted by atomic mass is 10.2. The molecule has 0 radical (unpaired) electrons. The first-order chi connectivity index (χ1) is 9.85. The fraction of sp³-hybridized carbons (Fsp3) is 1.00. The molecule has 2 N–H and O–H groups in total. The maximum Gasteiger partial charge on any atom is 0.0701 e. The highest BCUT2D eigenvalue weighted by molar-refractivity contribution is 4.64. The largest absolute Gasteiger partial charge is 0.396 e. The molecule has 0 fully saturated rings. The lowest BCUT2D eigenvalue weighted by Gasteiger charge is -2.17. The molecular formula is C14H31NO5. The standard InChI is InChI=1S/C14H31NO5/c1-3-5-15-14(4-6-16)13-20-12-11-19-10-9-18-8-7-17-2/h14-16H,3-13H2,1-2H3. The van der Waals surface area contributed by atoms with Crippen molar-refractivity contribution < 1.29 is 24.1 Å². The second-order valence-electron chi connectivity index (χ2n) is 4.46. The number of rotatable bonds is 16. The summed E-state index contributed by atoms with van der Waals surface area (Å²) in [6.07, 6.45) is 1.79. The van der Waals surface area contributed by atoms with Gasteiger partial charge in [0.15, 0.2) is 0 Å². The van der Waals surface area contributed by atoms with Gasteiger partial charge >= 0.3 is 0 Å². The van der Waals surface area contributed by atoms with E-state index in [0.29, 0.717) is 52.7 Å². The number of ether oxygens (including phenoxy) is 4. The summed E-state index contributed by atoms with van der Waals surface area (Å²) in [5.41, 5.74) is 0. The van der Waals surface area contributed by atoms with Gasteiger partial charge in [-0.15, -0.1) is 0 Å². The fourth-order valence-corrected chi connectivity index (χ4v) is 1.56. The minimum atomic E-state index is 0.181. The van der Waals surface area contributed by atoms with Crippen molar-refractivity contribution in [3.63, 3.8) is 0 Å². The molecule has 0 spiro atoms. The summed E-state index contributed by atoms with van der Waals surface area (Å²) in [4.78, 5) is 0. The molecule has 6 heteroatoms. The smallest absolute Gasteiger partial charge is 0.0701 e. The van der Waals surface area contributed by atoms with Gasteiger partial charge in [-0.05, 0) is 19.4 Å². The zero-order valence-electron chi connectivity index (χ0n) is 12.9. The molecular weight excluding hydrogens is 262 g/mol. The summed E-state index contributed by atoms with van der Waals surface area (Å²) in [7, 11) is 1.65. The molecule has 0 aromatic rings. The number of hydrogen-bond donors (Lipinski definition) is 2. The summed E-state index contributed by atoms with van der Waals surface area (Å²) in [6.45, 7) is 7.34. The van der Waals surface area contributed by atoms with Crippen LogP contribution in [0.3, 0.4) is 0 Å². The Balaban J connectivity index is 3.27. The Morgan fingerprint density at radius 2 is 1.55 bits per heavy atom. The van der Waals surface area contributed by atoms with Gasteiger partial charge in [0.25, 0.3) is 0 Å². The van der Waals surface area contributed by atoms with Crippen molar-refractivity contribution in [2.45, 2.75) is 25.8 Å². The first kappa shape index (κ1) is 19.8. The number of methoxy groups -OCH3 is 1. The van der Waals surface area contributed by atoms with Crippen LogP contribution in [0.5, 0.6) is 0 Å². The molecule has 0 aromatic carbocycles. The zero-order chi connectivity index (χ0) is 14.9. The van der Waals surface area contributed by atoms with E-state index in [2.05, 4.69) is 12.2 Å². The van der Waals surface area contributed by atoms with E-state index in [1.165, 1.54) is 0 Å². The molecule has 6 nitrogen and oxygen atoms in total. The third-order valence-corrected chi connectivity index (χ3v) is 2.66. The van der Waals surface area contributed by atoms with Gasteiger partial charge in [-0.25, -0.2) is 0 Å². The molecule has 0 heterocycles. The van der Waals surface area contributed by atoms with Crippen molar-refractivity contribution in [1.82, 2.24) is 5.32 Å². The highest BCUT2D eigenvalue weighted by atomic mass is 16.6. The lowest BCUT2D eigenvalue weighted by molar-refractivity contribution is -0.000000701. The van der Waals surface area contributed by atoms with Crippen LogP contribution in [0.4, 0.5) is 0 Å². The summed E-state index contributed by atoms with van der Waals surface area (Å²) < 4.78 is 21.0. The molecule has 0 saturated carbocycles. The Bertz CT molecular complexity index is 183. The van der Waals surface area contributed by atoms with Crippen LogP contribution >= 0.6 is 0 Å². The van der Waals surface area contributed by atoms with Crippen LogP contribution in [0, 0.1) is 0 Å². The van der Waals surface area contributed by atoms with E-state index in [9.17, 15) is 0 Å². The molecule has 0 amide bonds. The SMILES string of the molecule is CCCNC(CCO)COCCOCCOCCOC. The molecule has 0 aliphatic carbocycles. The normalized spacial score (nSPS) is 12.8. The van der Waals surface area contributed by atoms with Crippen molar-refractivity contribution in [2.75, 3.05) is 66.5 Å². The van der Waals surface area contributed by atoms with E-state index >= 15 is 0 Å². The molecule has 0 aliphatic heterocycles. The van der Waals surface area contributed by atoms with Crippen LogP contribution in [-0.2, 0) is 18.9 Å². The Labute approximate surface area is 122 Å². The van der Waals surface area contributed by atoms with E-state index in [1.54, 1.807) is 7.11 Å². The summed E-state index contributed by atoms with van der Waals surface area (Å²) in [5, 5.41) is 12.3. The Hall–Kier alpha value is -0.240. The van der Waals surface area contributed by atoms with Gasteiger partial charge in [-0.3, -0.25) is 0 Å². The highest BCUT2D eigenvalue weighted by Crippen LogP contribution is 1.93. The minimum Gasteiger partial charge on any atom is -0.396 e. The average Bonchev–Trinajstić information content (AvgIpc) is 2.46. The Morgan fingerprint density at radius 1 is 0.950 bits per heavy atom. The number of aliphatic hydroxyl groups is 1. The summed E-state index contributed by atoms with van der Waals surface area (Å²) in [6, 6.07) is 0.220. The monoisotopic (exact) mass is 293 g/mol. The van der Waals surface area contributed by atoms with E-state index in [4.69, 9.17) is 24.1 Å². The van der Waals surface area contributed by atoms with E-state index in [1.807, 2.05) is 0 Å². The van der Waals surface area contributed by atoms with Crippen LogP contribution in [0.15, 0.2) is 0 Å². The molecule has 20 heavy (non-hydrogen) atoms. The molecule has 1 unspecified atom stereocenters. The van der Waals surface area contributed by atoms with Crippen LogP contribution < -0.4 is 5.32 Å². The third kappa shape index (κ3) is 14.2. The maximum atomic E-state index is 8.95. The van der Waals surface area contributed by atoms with Crippen molar-refractivity contribution in [2.24, 2.45) is 0 Å². The average molecular weight is 293 g/mol. The second kappa shape index (κ2) is 16.8. The van der Waals surface area contributed by atoms with E-state index < -0.39 is 0 Å². The van der Waals surface area contributed by atoms with E-state index in [0.717, 1.165) is 13.0 Å². The van der Waals surface area contributed by atoms with Gasteiger partial charge in [-0.2, -0.15) is 0 Å². The lowest BCUT2D eigenvalue weighted by Crippen LogP contribution is -2.35. The zero-order valence-corrected chi connectivity index (χ0v) is 12.9. The summed E-state index contributed by atoms with van der Waals surface area (Å²) >= 11 is 0. The predicted molar refractivity (Wildman–Crippen MR) is 78.1 cm³/mol.